The Morgan fingerprint density at radius 2 is 2.16 bits per heavy atom. The van der Waals surface area contributed by atoms with Crippen molar-refractivity contribution < 1.29 is 9.53 Å². The van der Waals surface area contributed by atoms with Crippen molar-refractivity contribution in [1.82, 2.24) is 9.55 Å². The van der Waals surface area contributed by atoms with Gasteiger partial charge in [0.15, 0.2) is 0 Å². The van der Waals surface area contributed by atoms with Gasteiger partial charge >= 0.3 is 5.97 Å². The summed E-state index contributed by atoms with van der Waals surface area (Å²) in [6.45, 7) is 7.01. The first kappa shape index (κ1) is 13.7. The predicted molar refractivity (Wildman–Crippen MR) is 74.4 cm³/mol. The Morgan fingerprint density at radius 1 is 1.47 bits per heavy atom. The highest BCUT2D eigenvalue weighted by atomic mass is 32.1. The van der Waals surface area contributed by atoms with E-state index in [9.17, 15) is 9.59 Å². The number of fused-ring (bicyclic) bond motifs is 1. The lowest BCUT2D eigenvalue weighted by Crippen LogP contribution is -2.33. The molecule has 2 heterocycles. The summed E-state index contributed by atoms with van der Waals surface area (Å²) in [6, 6.07) is 1.02. The number of hydrogen-bond donors (Lipinski definition) is 0. The van der Waals surface area contributed by atoms with Crippen LogP contribution in [0.25, 0.3) is 10.2 Å². The summed E-state index contributed by atoms with van der Waals surface area (Å²) in [6.07, 6.45) is 1.40. The zero-order valence-electron chi connectivity index (χ0n) is 11.3. The lowest BCUT2D eigenvalue weighted by molar-refractivity contribution is -0.158. The third kappa shape index (κ3) is 2.84. The molecule has 1 atom stereocenters. The highest BCUT2D eigenvalue weighted by molar-refractivity contribution is 7.16. The van der Waals surface area contributed by atoms with Gasteiger partial charge in [0.05, 0.1) is 11.7 Å². The maximum absolute atomic E-state index is 12.2. The Labute approximate surface area is 114 Å². The highest BCUT2D eigenvalue weighted by Crippen LogP contribution is 2.17. The molecule has 1 unspecified atom stereocenters. The van der Waals surface area contributed by atoms with Gasteiger partial charge in [0.1, 0.15) is 16.5 Å². The maximum atomic E-state index is 12.2. The molecule has 0 aromatic carbocycles. The van der Waals surface area contributed by atoms with Crippen LogP contribution in [0, 0.1) is 0 Å². The quantitative estimate of drug-likeness (QED) is 0.792. The minimum atomic E-state index is -0.691. The number of carbonyl (C=O) groups is 1. The van der Waals surface area contributed by atoms with Gasteiger partial charge in [-0.25, -0.2) is 9.78 Å². The van der Waals surface area contributed by atoms with Gasteiger partial charge in [0, 0.05) is 0 Å². The molecule has 0 N–H and O–H groups in total. The molecule has 0 bridgehead atoms. The number of hydrogen-bond acceptors (Lipinski definition) is 5. The largest absolute Gasteiger partial charge is 0.458 e. The van der Waals surface area contributed by atoms with Crippen LogP contribution in [0.4, 0.5) is 0 Å². The third-order valence-electron chi connectivity index (χ3n) is 2.57. The molecule has 5 nitrogen and oxygen atoms in total. The molecule has 0 amide bonds. The summed E-state index contributed by atoms with van der Waals surface area (Å²) < 4.78 is 6.59. The average Bonchev–Trinajstić information content (AvgIpc) is 2.75. The van der Waals surface area contributed by atoms with Gasteiger partial charge in [-0.2, -0.15) is 0 Å². The molecule has 2 aromatic rings. The van der Waals surface area contributed by atoms with Gasteiger partial charge in [0.25, 0.3) is 5.56 Å². The number of thiophene rings is 1. The van der Waals surface area contributed by atoms with Crippen molar-refractivity contribution in [1.29, 1.82) is 0 Å². The van der Waals surface area contributed by atoms with Crippen molar-refractivity contribution in [2.45, 2.75) is 39.3 Å². The summed E-state index contributed by atoms with van der Waals surface area (Å²) in [5.41, 5.74) is -0.792. The van der Waals surface area contributed by atoms with E-state index in [1.54, 1.807) is 33.8 Å². The van der Waals surface area contributed by atoms with E-state index in [4.69, 9.17) is 4.74 Å². The van der Waals surface area contributed by atoms with E-state index in [0.29, 0.717) is 10.2 Å². The molecular formula is C13H16N2O3S. The molecule has 19 heavy (non-hydrogen) atoms. The Hall–Kier alpha value is -1.69. The van der Waals surface area contributed by atoms with Gasteiger partial charge in [0.2, 0.25) is 0 Å². The normalized spacial score (nSPS) is 13.5. The second-order valence-electron chi connectivity index (χ2n) is 5.31. The molecule has 2 aromatic heterocycles. The topological polar surface area (TPSA) is 61.2 Å². The third-order valence-corrected chi connectivity index (χ3v) is 3.39. The zero-order valence-corrected chi connectivity index (χ0v) is 12.2. The van der Waals surface area contributed by atoms with E-state index in [-0.39, 0.29) is 5.56 Å². The summed E-state index contributed by atoms with van der Waals surface area (Å²) in [5, 5.41) is 2.34. The van der Waals surface area contributed by atoms with E-state index in [1.807, 2.05) is 5.38 Å². The van der Waals surface area contributed by atoms with Gasteiger partial charge in [-0.3, -0.25) is 9.36 Å². The van der Waals surface area contributed by atoms with E-state index in [1.165, 1.54) is 22.2 Å². The van der Waals surface area contributed by atoms with Crippen LogP contribution in [-0.2, 0) is 9.53 Å². The Kier molecular flexibility index (Phi) is 3.45. The minimum absolute atomic E-state index is 0.218. The number of nitrogens with zero attached hydrogens (tertiary/aromatic N) is 2. The monoisotopic (exact) mass is 280 g/mol. The van der Waals surface area contributed by atoms with E-state index < -0.39 is 17.6 Å². The van der Waals surface area contributed by atoms with Gasteiger partial charge in [-0.05, 0) is 39.1 Å². The molecule has 0 saturated carbocycles. The number of carbonyl (C=O) groups excluding carboxylic acids is 1. The fraction of sp³-hybridized carbons (Fsp3) is 0.462. The molecule has 102 valence electrons. The number of rotatable bonds is 2. The van der Waals surface area contributed by atoms with E-state index >= 15 is 0 Å². The standard InChI is InChI=1S/C13H16N2O3S/c1-8(12(17)18-13(2,3)4)15-7-14-10-9(11(15)16)5-6-19-10/h5-8H,1-4H3. The van der Waals surface area contributed by atoms with Crippen LogP contribution in [-0.4, -0.2) is 21.1 Å². The minimum Gasteiger partial charge on any atom is -0.458 e. The predicted octanol–water partition coefficient (Wildman–Crippen LogP) is 2.36. The summed E-state index contributed by atoms with van der Waals surface area (Å²) in [5.74, 6) is -0.439. The second-order valence-corrected chi connectivity index (χ2v) is 6.20. The summed E-state index contributed by atoms with van der Waals surface area (Å²) >= 11 is 1.40. The number of ether oxygens (including phenoxy) is 1. The van der Waals surface area contributed by atoms with Crippen LogP contribution in [0.1, 0.15) is 33.7 Å². The molecule has 0 aliphatic carbocycles. The van der Waals surface area contributed by atoms with Crippen LogP contribution >= 0.6 is 11.3 Å². The molecule has 6 heteroatoms. The summed E-state index contributed by atoms with van der Waals surface area (Å²) in [4.78, 5) is 29.1. The molecule has 0 saturated heterocycles. The molecular weight excluding hydrogens is 264 g/mol. The van der Waals surface area contributed by atoms with Gasteiger partial charge in [-0.15, -0.1) is 11.3 Å². The van der Waals surface area contributed by atoms with E-state index in [0.717, 1.165) is 0 Å². The average molecular weight is 280 g/mol. The number of esters is 1. The van der Waals surface area contributed by atoms with Crippen molar-refractivity contribution >= 4 is 27.5 Å². The Morgan fingerprint density at radius 3 is 2.79 bits per heavy atom. The van der Waals surface area contributed by atoms with Crippen LogP contribution in [0.5, 0.6) is 0 Å². The molecule has 0 aliphatic rings. The van der Waals surface area contributed by atoms with Crippen molar-refractivity contribution in [2.24, 2.45) is 0 Å². The van der Waals surface area contributed by atoms with Crippen molar-refractivity contribution in [2.75, 3.05) is 0 Å². The Bertz CT molecular complexity index is 666. The first-order chi connectivity index (χ1) is 8.79. The first-order valence-corrected chi connectivity index (χ1v) is 6.85. The highest BCUT2D eigenvalue weighted by Gasteiger charge is 2.24. The maximum Gasteiger partial charge on any atom is 0.329 e. The lowest BCUT2D eigenvalue weighted by Gasteiger charge is -2.22. The van der Waals surface area contributed by atoms with Gasteiger partial charge in [-0.1, -0.05) is 0 Å². The molecule has 0 fully saturated rings. The van der Waals surface area contributed by atoms with Crippen LogP contribution < -0.4 is 5.56 Å². The zero-order chi connectivity index (χ0) is 14.2. The first-order valence-electron chi connectivity index (χ1n) is 5.97. The molecule has 0 spiro atoms. The summed E-state index contributed by atoms with van der Waals surface area (Å²) in [7, 11) is 0. The van der Waals surface area contributed by atoms with Crippen molar-refractivity contribution in [3.63, 3.8) is 0 Å². The van der Waals surface area contributed by atoms with E-state index in [2.05, 4.69) is 4.98 Å². The molecule has 0 radical (unpaired) electrons. The van der Waals surface area contributed by atoms with Crippen LogP contribution in [0.15, 0.2) is 22.6 Å². The lowest BCUT2D eigenvalue weighted by atomic mass is 10.2. The van der Waals surface area contributed by atoms with Crippen LogP contribution in [0.3, 0.4) is 0 Å². The number of aromatic nitrogens is 2. The van der Waals surface area contributed by atoms with Crippen molar-refractivity contribution in [3.05, 3.63) is 28.1 Å². The smallest absolute Gasteiger partial charge is 0.329 e. The molecule has 2 rings (SSSR count). The second kappa shape index (κ2) is 4.77. The molecule has 0 aliphatic heterocycles. The SMILES string of the molecule is CC(C(=O)OC(C)(C)C)n1cnc2sccc2c1=O. The van der Waals surface area contributed by atoms with Gasteiger partial charge < -0.3 is 4.74 Å². The van der Waals surface area contributed by atoms with Crippen LogP contribution in [0.2, 0.25) is 0 Å². The Balaban J connectivity index is 2.36. The fourth-order valence-electron chi connectivity index (χ4n) is 1.65. The van der Waals surface area contributed by atoms with Crippen molar-refractivity contribution in [3.8, 4) is 0 Å². The fourth-order valence-corrected chi connectivity index (χ4v) is 2.37.